The van der Waals surface area contributed by atoms with Gasteiger partial charge in [-0.25, -0.2) is 0 Å². The predicted molar refractivity (Wildman–Crippen MR) is 131 cm³/mol. The minimum atomic E-state index is -1.30. The van der Waals surface area contributed by atoms with E-state index in [2.05, 4.69) is 15.2 Å². The summed E-state index contributed by atoms with van der Waals surface area (Å²) in [5.74, 6) is -1.53. The molecule has 3 aromatic rings. The van der Waals surface area contributed by atoms with Crippen LogP contribution in [0.4, 0.5) is 5.69 Å². The van der Waals surface area contributed by atoms with Crippen molar-refractivity contribution in [3.05, 3.63) is 106 Å². The fourth-order valence-corrected chi connectivity index (χ4v) is 4.35. The first kappa shape index (κ1) is 26.6. The molecule has 1 amide bonds. The molecule has 1 heterocycles. The van der Waals surface area contributed by atoms with Crippen LogP contribution in [0, 0.1) is 0 Å². The number of halogens is 1. The molecule has 0 aliphatic carbocycles. The van der Waals surface area contributed by atoms with Gasteiger partial charge in [0, 0.05) is 17.1 Å². The largest absolute Gasteiger partial charge is 2.00 e. The minimum absolute atomic E-state index is 0. The molecule has 0 spiro atoms. The molecule has 0 bridgehead atoms. The summed E-state index contributed by atoms with van der Waals surface area (Å²) in [6, 6.07) is 23.9. The molecule has 4 rings (SSSR count). The zero-order valence-electron chi connectivity index (χ0n) is 18.9. The molecule has 0 saturated carbocycles. The van der Waals surface area contributed by atoms with Gasteiger partial charge >= 0.3 is 16.5 Å². The molecule has 0 aromatic heterocycles. The number of hydrogen-bond donors (Lipinski definition) is 0. The monoisotopic (exact) mass is 531 g/mol. The molecule has 35 heavy (non-hydrogen) atoms. The number of carboxylic acids is 1. The second-order valence-corrected chi connectivity index (χ2v) is 8.56. The Hall–Kier alpha value is -2.99. The number of nitrogens with zero attached hydrogens (tertiary/aromatic N) is 3. The Labute approximate surface area is 219 Å². The first-order valence-electron chi connectivity index (χ1n) is 11.1. The molecule has 182 valence electrons. The van der Waals surface area contributed by atoms with Crippen LogP contribution in [0.25, 0.3) is 5.32 Å². The van der Waals surface area contributed by atoms with Gasteiger partial charge in [-0.3, -0.25) is 9.89 Å². The Morgan fingerprint density at radius 2 is 1.71 bits per heavy atom. The summed E-state index contributed by atoms with van der Waals surface area (Å²) in [4.78, 5) is 30.8. The summed E-state index contributed by atoms with van der Waals surface area (Å²) in [6.07, 6.45) is 1.66. The van der Waals surface area contributed by atoms with Crippen molar-refractivity contribution < 1.29 is 31.2 Å². The van der Waals surface area contributed by atoms with Crippen LogP contribution in [0.5, 0.6) is 0 Å². The van der Waals surface area contributed by atoms with E-state index in [1.54, 1.807) is 18.2 Å². The van der Waals surface area contributed by atoms with Gasteiger partial charge in [-0.2, -0.15) is 0 Å². The zero-order chi connectivity index (χ0) is 23.9. The molecule has 3 aromatic carbocycles. The van der Waals surface area contributed by atoms with E-state index >= 15 is 0 Å². The fraction of sp³-hybridized carbons (Fsp3) is 0.222. The van der Waals surface area contributed by atoms with Gasteiger partial charge in [0.05, 0.1) is 30.2 Å². The third-order valence-corrected chi connectivity index (χ3v) is 5.97. The number of carboxylic acid groups (broad SMARTS) is 1. The molecule has 0 unspecified atom stereocenters. The van der Waals surface area contributed by atoms with Crippen molar-refractivity contribution in [2.24, 2.45) is 4.99 Å². The van der Waals surface area contributed by atoms with Crippen molar-refractivity contribution in [2.75, 3.05) is 13.1 Å². The van der Waals surface area contributed by atoms with Crippen LogP contribution in [-0.2, 0) is 32.6 Å². The van der Waals surface area contributed by atoms with E-state index in [-0.39, 0.29) is 28.4 Å². The molecular formula is C27H24ClN3NiO3. The standard InChI is InChI=1S/C27H26ClN3O3.Ni/c28-21-13-14-23(22(16-21)26(29-17-25(32)33)20-10-5-2-6-11-20)30-27(34)24-12-7-15-31(24)18-19-8-3-1-4-9-19;/h1-6,8-11,13-14,16,24H,7,12,15,17-18H2,(H2,29,30,32,33,34);/q;+2/p-2/t24-;/m1./s1. The van der Waals surface area contributed by atoms with Gasteiger partial charge in [-0.15, -0.1) is 5.69 Å². The first-order chi connectivity index (χ1) is 16.5. The third-order valence-electron chi connectivity index (χ3n) is 5.74. The summed E-state index contributed by atoms with van der Waals surface area (Å²) >= 11 is 6.27. The van der Waals surface area contributed by atoms with Crippen LogP contribution < -0.4 is 5.11 Å². The van der Waals surface area contributed by atoms with Crippen LogP contribution in [0.2, 0.25) is 5.02 Å². The maximum Gasteiger partial charge on any atom is 2.00 e. The number of amides is 1. The summed E-state index contributed by atoms with van der Waals surface area (Å²) < 4.78 is 0. The quantitative estimate of drug-likeness (QED) is 0.323. The molecule has 0 N–H and O–H groups in total. The van der Waals surface area contributed by atoms with Crippen LogP contribution in [-0.4, -0.2) is 41.6 Å². The molecule has 1 aliphatic rings. The van der Waals surface area contributed by atoms with Crippen molar-refractivity contribution in [3.63, 3.8) is 0 Å². The SMILES string of the molecule is O=C([O-])CN=C(c1ccccc1)c1cc(Cl)ccc1[N-]C(=O)[C@H]1CCCN1Cc1ccccc1.[Ni+2]. The van der Waals surface area contributed by atoms with E-state index in [9.17, 15) is 14.7 Å². The van der Waals surface area contributed by atoms with Crippen molar-refractivity contribution in [3.8, 4) is 0 Å². The van der Waals surface area contributed by atoms with Gasteiger partial charge in [-0.1, -0.05) is 78.3 Å². The van der Waals surface area contributed by atoms with E-state index in [1.165, 1.54) is 0 Å². The average Bonchev–Trinajstić information content (AvgIpc) is 3.30. The van der Waals surface area contributed by atoms with Gasteiger partial charge < -0.3 is 20.0 Å². The maximum atomic E-state index is 13.3. The number of benzene rings is 3. The molecule has 6 nitrogen and oxygen atoms in total. The second kappa shape index (κ2) is 12.6. The number of likely N-dealkylation sites (tertiary alicyclic amines) is 1. The van der Waals surface area contributed by atoms with Crippen LogP contribution in [0.15, 0.2) is 83.9 Å². The molecule has 1 aliphatic heterocycles. The van der Waals surface area contributed by atoms with Crippen LogP contribution >= 0.6 is 11.6 Å². The number of rotatable bonds is 8. The van der Waals surface area contributed by atoms with Crippen LogP contribution in [0.3, 0.4) is 0 Å². The topological polar surface area (TPSA) is 86.9 Å². The van der Waals surface area contributed by atoms with Crippen molar-refractivity contribution in [1.82, 2.24) is 4.90 Å². The van der Waals surface area contributed by atoms with E-state index in [1.807, 2.05) is 60.7 Å². The normalized spacial score (nSPS) is 15.9. The van der Waals surface area contributed by atoms with Crippen molar-refractivity contribution in [1.29, 1.82) is 0 Å². The Kier molecular flexibility index (Phi) is 9.61. The second-order valence-electron chi connectivity index (χ2n) is 8.13. The van der Waals surface area contributed by atoms with E-state index < -0.39 is 12.5 Å². The molecule has 8 heteroatoms. The van der Waals surface area contributed by atoms with Crippen molar-refractivity contribution in [2.45, 2.75) is 25.4 Å². The number of hydrogen-bond acceptors (Lipinski definition) is 5. The van der Waals surface area contributed by atoms with Crippen molar-refractivity contribution >= 4 is 34.9 Å². The molecule has 1 saturated heterocycles. The maximum absolute atomic E-state index is 13.3. The number of carbonyl (C=O) groups is 2. The molecule has 1 atom stereocenters. The molecule has 0 radical (unpaired) electrons. The molecule has 1 fully saturated rings. The minimum Gasteiger partial charge on any atom is -0.625 e. The number of aliphatic carboxylic acids is 1. The number of carbonyl (C=O) groups excluding carboxylic acids is 2. The van der Waals surface area contributed by atoms with E-state index in [0.717, 1.165) is 24.9 Å². The zero-order valence-corrected chi connectivity index (χ0v) is 20.6. The smallest absolute Gasteiger partial charge is 0.625 e. The van der Waals surface area contributed by atoms with Crippen LogP contribution in [0.1, 0.15) is 29.5 Å². The fourth-order valence-electron chi connectivity index (χ4n) is 4.17. The van der Waals surface area contributed by atoms with E-state index in [0.29, 0.717) is 34.1 Å². The summed E-state index contributed by atoms with van der Waals surface area (Å²) in [7, 11) is 0. The first-order valence-corrected chi connectivity index (χ1v) is 11.5. The molecular weight excluding hydrogens is 508 g/mol. The summed E-state index contributed by atoms with van der Waals surface area (Å²) in [5.41, 5.74) is 3.14. The van der Waals surface area contributed by atoms with Gasteiger partial charge in [0.15, 0.2) is 0 Å². The van der Waals surface area contributed by atoms with E-state index in [4.69, 9.17) is 11.6 Å². The number of aliphatic imine (C=N–C) groups is 1. The third kappa shape index (κ3) is 7.01. The Morgan fingerprint density at radius 3 is 2.40 bits per heavy atom. The van der Waals surface area contributed by atoms with Gasteiger partial charge in [0.25, 0.3) is 0 Å². The van der Waals surface area contributed by atoms with Gasteiger partial charge in [0.1, 0.15) is 0 Å². The Balaban J connectivity index is 0.00000342. The Morgan fingerprint density at radius 1 is 1.03 bits per heavy atom. The predicted octanol–water partition coefficient (Wildman–Crippen LogP) is 4.12. The average molecular weight is 533 g/mol. The van der Waals surface area contributed by atoms with Gasteiger partial charge in [0.2, 0.25) is 0 Å². The summed E-state index contributed by atoms with van der Waals surface area (Å²) in [5, 5.41) is 16.0. The summed E-state index contributed by atoms with van der Waals surface area (Å²) in [6.45, 7) is 0.997. The van der Waals surface area contributed by atoms with Gasteiger partial charge in [-0.05, 0) is 42.6 Å². The Bertz CT molecular complexity index is 1190.